The number of phosphoric ester groups is 3. The van der Waals surface area contributed by atoms with Gasteiger partial charge in [0.25, 0.3) is 17.1 Å². The van der Waals surface area contributed by atoms with Crippen LogP contribution in [0.5, 0.6) is 0 Å². The lowest BCUT2D eigenvalue weighted by Gasteiger charge is -2.26. The van der Waals surface area contributed by atoms with Gasteiger partial charge in [-0.3, -0.25) is 51.4 Å². The second-order valence-electron chi connectivity index (χ2n) is 18.9. The maximum absolute atomic E-state index is 13.8. The molecule has 10 rings (SSSR count). The number of benzene rings is 1. The highest BCUT2D eigenvalue weighted by Gasteiger charge is 2.54. The number of hydrogen-bond acceptors (Lipinski definition) is 29. The Bertz CT molecular complexity index is 3870. The van der Waals surface area contributed by atoms with Crippen molar-refractivity contribution in [3.63, 3.8) is 0 Å². The van der Waals surface area contributed by atoms with Gasteiger partial charge in [-0.15, -0.1) is 0 Å². The summed E-state index contributed by atoms with van der Waals surface area (Å²) in [4.78, 5) is 97.9. The van der Waals surface area contributed by atoms with E-state index in [1.54, 1.807) is 18.2 Å². The first-order valence-electron chi connectivity index (χ1n) is 24.6. The van der Waals surface area contributed by atoms with Crippen LogP contribution in [0.3, 0.4) is 0 Å². The molecule has 39 nitrogen and oxygen atoms in total. The van der Waals surface area contributed by atoms with Crippen molar-refractivity contribution in [2.75, 3.05) is 57.8 Å². The molecule has 0 saturated carbocycles. The molecule has 84 heavy (non-hydrogen) atoms. The number of aromatic amines is 2. The number of hydrogen-bond donors (Lipinski definition) is 12. The summed E-state index contributed by atoms with van der Waals surface area (Å²) >= 11 is 0. The van der Waals surface area contributed by atoms with Crippen molar-refractivity contribution in [3.8, 4) is 0 Å². The number of anilines is 3. The topological polar surface area (TPSA) is 551 Å². The lowest BCUT2D eigenvalue weighted by atomic mass is 9.95. The second-order valence-corrected chi connectivity index (χ2v) is 25.0. The van der Waals surface area contributed by atoms with Gasteiger partial charge in [0.05, 0.1) is 45.1 Å². The van der Waals surface area contributed by atoms with Crippen LogP contribution < -0.4 is 32.9 Å². The minimum atomic E-state index is -6.21. The summed E-state index contributed by atoms with van der Waals surface area (Å²) < 4.78 is 117. The average Bonchev–Trinajstić information content (AvgIpc) is 2.76. The zero-order valence-electron chi connectivity index (χ0n) is 43.4. The molecule has 0 spiro atoms. The number of phosphoric acid groups is 4. The van der Waals surface area contributed by atoms with E-state index < -0.39 is 136 Å². The molecule has 0 amide bonds. The molecule has 456 valence electrons. The number of fused-ring (bicyclic) bond motifs is 3. The van der Waals surface area contributed by atoms with Gasteiger partial charge in [0.1, 0.15) is 54.6 Å². The van der Waals surface area contributed by atoms with Crippen LogP contribution in [0.1, 0.15) is 30.7 Å². The normalized spacial score (nSPS) is 28.4. The summed E-state index contributed by atoms with van der Waals surface area (Å²) in [5.74, 6) is -1.63. The van der Waals surface area contributed by atoms with Crippen LogP contribution in [0.15, 0.2) is 65.2 Å². The maximum atomic E-state index is 13.8. The number of rotatable bonds is 24. The first-order valence-corrected chi connectivity index (χ1v) is 30.6. The quantitative estimate of drug-likeness (QED) is 0.0232. The van der Waals surface area contributed by atoms with Crippen LogP contribution in [0.4, 0.5) is 17.7 Å². The van der Waals surface area contributed by atoms with Crippen molar-refractivity contribution in [3.05, 3.63) is 81.9 Å². The third-order valence-electron chi connectivity index (χ3n) is 13.5. The van der Waals surface area contributed by atoms with Crippen molar-refractivity contribution in [1.29, 1.82) is 0 Å². The number of nitrogens with one attached hydrogen (secondary N) is 2. The number of methoxy groups -OCH3 is 2. The fourth-order valence-corrected chi connectivity index (χ4v) is 14.3. The first-order chi connectivity index (χ1) is 39.8. The molecule has 15 N–H and O–H groups in total. The standard InChI is InChI=1S/C41H53N15O24P4/c1-70-9-8-19-20(75-37(26(19)57)56-17-53(10-18-6-4-3-5-7-18)25-34(56)50-41(44)52-36(25)61)11-73-82(64,65)79-84(68,69)80-83(66,67)74-13-22-29(30(71-2)39(77-22)54-15-47-23-31(42)45-14-46-32(23)54)78-81(62,63)72-12-21-27(58)28(59)38(76-21)55-16-48-24-33(55)49-40(43)51-35(24)60/h3-7,14-17,19-22,26-30,37-39,57-59H,8-13H2,1-2H3,(H11-,42,43,44,45,46,49,50,51,52,60,61,62,63,64,65,66,67,68,69)/p+1/t19-,20-,21-,22-,26-,27-,28-,29-,30-,37-,38-,39-/m1/s1. The third-order valence-corrected chi connectivity index (χ3v) is 18.7. The van der Waals surface area contributed by atoms with Crippen LogP contribution in [0.2, 0.25) is 0 Å². The summed E-state index contributed by atoms with van der Waals surface area (Å²) in [5.41, 5.74) is 16.7. The number of H-pyrrole nitrogens is 2. The van der Waals surface area contributed by atoms with Crippen LogP contribution in [-0.4, -0.2) is 178 Å². The average molecular weight is 1260 g/mol. The molecule has 6 aromatic heterocycles. The van der Waals surface area contributed by atoms with E-state index in [9.17, 15) is 62.7 Å². The molecular formula is C41H54N15O24P4+. The zero-order chi connectivity index (χ0) is 60.2. The Morgan fingerprint density at radius 2 is 1.30 bits per heavy atom. The van der Waals surface area contributed by atoms with E-state index in [0.717, 1.165) is 36.2 Å². The number of nitrogen functional groups attached to an aromatic ring is 3. The van der Waals surface area contributed by atoms with Gasteiger partial charge in [0, 0.05) is 26.7 Å². The zero-order valence-corrected chi connectivity index (χ0v) is 47.0. The van der Waals surface area contributed by atoms with Crippen molar-refractivity contribution in [2.24, 2.45) is 5.92 Å². The molecule has 0 radical (unpaired) electrons. The Hall–Kier alpha value is -5.93. The summed E-state index contributed by atoms with van der Waals surface area (Å²) in [6.45, 7) is -3.01. The Morgan fingerprint density at radius 3 is 1.99 bits per heavy atom. The molecule has 3 saturated heterocycles. The molecule has 3 aliphatic rings. The second kappa shape index (κ2) is 24.1. The Morgan fingerprint density at radius 1 is 0.679 bits per heavy atom. The van der Waals surface area contributed by atoms with Gasteiger partial charge in [0.15, 0.2) is 41.4 Å². The third kappa shape index (κ3) is 12.8. The number of aliphatic hydroxyl groups excluding tert-OH is 3. The van der Waals surface area contributed by atoms with Crippen LogP contribution >= 0.6 is 31.3 Å². The van der Waals surface area contributed by atoms with Gasteiger partial charge < -0.3 is 75.8 Å². The van der Waals surface area contributed by atoms with E-state index in [-0.39, 0.29) is 70.8 Å². The van der Waals surface area contributed by atoms with Crippen molar-refractivity contribution >= 4 is 82.5 Å². The van der Waals surface area contributed by atoms with Gasteiger partial charge in [-0.25, -0.2) is 42.8 Å². The number of aliphatic hydroxyl groups is 3. The molecule has 43 heteroatoms. The number of aromatic nitrogens is 12. The summed E-state index contributed by atoms with van der Waals surface area (Å²) in [7, 11) is -21.0. The first kappa shape index (κ1) is 61.2. The highest BCUT2D eigenvalue weighted by molar-refractivity contribution is 7.66. The minimum Gasteiger partial charge on any atom is -0.387 e. The molecule has 4 unspecified atom stereocenters. The van der Waals surface area contributed by atoms with E-state index in [1.807, 2.05) is 12.1 Å². The van der Waals surface area contributed by atoms with Gasteiger partial charge in [-0.2, -0.15) is 13.6 Å². The van der Waals surface area contributed by atoms with Crippen LogP contribution in [0.25, 0.3) is 33.5 Å². The van der Waals surface area contributed by atoms with E-state index in [1.165, 1.54) is 27.1 Å². The van der Waals surface area contributed by atoms with Crippen LogP contribution in [0, 0.1) is 5.92 Å². The van der Waals surface area contributed by atoms with Gasteiger partial charge in [-0.05, 0) is 12.0 Å². The van der Waals surface area contributed by atoms with Crippen molar-refractivity contribution in [1.82, 2.24) is 53.6 Å². The predicted molar refractivity (Wildman–Crippen MR) is 278 cm³/mol. The smallest absolute Gasteiger partial charge is 0.387 e. The molecule has 16 atom stereocenters. The lowest BCUT2D eigenvalue weighted by Crippen LogP contribution is -2.45. The molecule has 0 bridgehead atoms. The monoisotopic (exact) mass is 1260 g/mol. The number of ether oxygens (including phenoxy) is 5. The highest BCUT2D eigenvalue weighted by Crippen LogP contribution is 2.68. The van der Waals surface area contributed by atoms with Gasteiger partial charge in [-0.1, -0.05) is 35.3 Å². The molecule has 0 aliphatic carbocycles. The van der Waals surface area contributed by atoms with Crippen molar-refractivity contribution < 1.29 is 108 Å². The largest absolute Gasteiger partial charge is 0.490 e. The maximum Gasteiger partial charge on any atom is 0.490 e. The number of nitrogens with zero attached hydrogens (tertiary/aromatic N) is 10. The Kier molecular flexibility index (Phi) is 17.5. The lowest BCUT2D eigenvalue weighted by molar-refractivity contribution is -0.746. The molecule has 9 heterocycles. The summed E-state index contributed by atoms with van der Waals surface area (Å²) in [6.07, 6.45) is -12.8. The van der Waals surface area contributed by atoms with Gasteiger partial charge in [0.2, 0.25) is 17.7 Å². The van der Waals surface area contributed by atoms with E-state index in [4.69, 9.17) is 59.0 Å². The highest BCUT2D eigenvalue weighted by atomic mass is 31.3. The molecule has 7 aromatic rings. The fourth-order valence-electron chi connectivity index (χ4n) is 9.79. The Balaban J connectivity index is 0.813. The fraction of sp³-hybridized carbons (Fsp3) is 0.488. The minimum absolute atomic E-state index is 0.0127. The SMILES string of the molecule is COCC[C@H]1[C@@H](O)[C@H]([n+]2cn(Cc3ccccc3)c3c(=O)[nH]c(N)nc32)O[C@@H]1COP(=O)(O)OP(=O)(O)OP(=O)(O)OC[C@H]1O[C@@H](n2cnc3c(N)ncnc32)[C@H](OC)[C@@H]1OP(=O)(O)OC[C@H]1O[C@@H](n2cnc3c(=O)[nH]c(N)nc32)[C@H](O)[C@@H]1O. The number of nitrogens with two attached hydrogens (primary N) is 3. The summed E-state index contributed by atoms with van der Waals surface area (Å²) in [6, 6.07) is 9.00. The molecule has 1 aromatic carbocycles. The predicted octanol–water partition coefficient (Wildman–Crippen LogP) is -1.91. The van der Waals surface area contributed by atoms with Gasteiger partial charge >= 0.3 is 36.9 Å². The van der Waals surface area contributed by atoms with Crippen molar-refractivity contribution in [2.45, 2.75) is 80.5 Å². The van der Waals surface area contributed by atoms with Crippen LogP contribution in [-0.2, 0) is 75.2 Å². The van der Waals surface area contributed by atoms with E-state index in [2.05, 4.69) is 48.5 Å². The summed E-state index contributed by atoms with van der Waals surface area (Å²) in [5, 5.41) is 33.5. The molecule has 3 fully saturated rings. The Labute approximate surface area is 469 Å². The van der Waals surface area contributed by atoms with E-state index in [0.29, 0.717) is 0 Å². The van der Waals surface area contributed by atoms with E-state index >= 15 is 0 Å². The molecular weight excluding hydrogens is 1210 g/mol. The molecule has 3 aliphatic heterocycles. The number of imidazole rings is 3.